The molecular formula is C19H17ClN2O3. The van der Waals surface area contributed by atoms with Crippen LogP contribution >= 0.6 is 11.6 Å². The molecule has 0 bridgehead atoms. The third kappa shape index (κ3) is 3.10. The van der Waals surface area contributed by atoms with E-state index in [-0.39, 0.29) is 17.5 Å². The highest BCUT2D eigenvalue weighted by Crippen LogP contribution is 2.34. The van der Waals surface area contributed by atoms with Gasteiger partial charge in [0.2, 0.25) is 0 Å². The van der Waals surface area contributed by atoms with Crippen LogP contribution in [-0.4, -0.2) is 30.4 Å². The third-order valence-corrected chi connectivity index (χ3v) is 4.20. The highest BCUT2D eigenvalue weighted by Gasteiger charge is 2.38. The molecule has 5 nitrogen and oxygen atoms in total. The Labute approximate surface area is 150 Å². The first-order valence-corrected chi connectivity index (χ1v) is 8.21. The molecule has 25 heavy (non-hydrogen) atoms. The van der Waals surface area contributed by atoms with Crippen molar-refractivity contribution in [3.05, 3.63) is 64.8 Å². The van der Waals surface area contributed by atoms with Crippen molar-refractivity contribution in [3.8, 4) is 5.75 Å². The molecule has 0 saturated heterocycles. The van der Waals surface area contributed by atoms with Gasteiger partial charge in [-0.05, 0) is 30.7 Å². The molecule has 1 N–H and O–H groups in total. The molecule has 2 aromatic carbocycles. The Bertz CT molecular complexity index is 862. The molecule has 0 spiro atoms. The van der Waals surface area contributed by atoms with Gasteiger partial charge in [-0.25, -0.2) is 0 Å². The molecule has 0 aromatic heterocycles. The quantitative estimate of drug-likeness (QED) is 0.832. The first-order valence-electron chi connectivity index (χ1n) is 7.83. The van der Waals surface area contributed by atoms with Crippen LogP contribution in [0.3, 0.4) is 0 Å². The van der Waals surface area contributed by atoms with Crippen LogP contribution in [0.1, 0.15) is 12.5 Å². The number of anilines is 1. The summed E-state index contributed by atoms with van der Waals surface area (Å²) in [5.41, 5.74) is 1.77. The van der Waals surface area contributed by atoms with E-state index >= 15 is 0 Å². The molecule has 0 radical (unpaired) electrons. The molecule has 2 amide bonds. The maximum atomic E-state index is 12.7. The first kappa shape index (κ1) is 17.0. The number of rotatable bonds is 5. The van der Waals surface area contributed by atoms with Gasteiger partial charge in [0, 0.05) is 11.6 Å². The number of carbonyl (C=O) groups excluding carboxylic acids is 2. The van der Waals surface area contributed by atoms with Crippen LogP contribution < -0.4 is 10.1 Å². The summed E-state index contributed by atoms with van der Waals surface area (Å²) in [6, 6.07) is 14.2. The van der Waals surface area contributed by atoms with Crippen LogP contribution in [0.5, 0.6) is 5.75 Å². The lowest BCUT2D eigenvalue weighted by Crippen LogP contribution is -2.32. The van der Waals surface area contributed by atoms with E-state index in [1.165, 1.54) is 12.0 Å². The molecular weight excluding hydrogens is 340 g/mol. The highest BCUT2D eigenvalue weighted by atomic mass is 35.5. The fourth-order valence-corrected chi connectivity index (χ4v) is 2.94. The fraction of sp³-hybridized carbons (Fsp3) is 0.158. The number of carbonyl (C=O) groups is 2. The van der Waals surface area contributed by atoms with Gasteiger partial charge < -0.3 is 10.1 Å². The topological polar surface area (TPSA) is 58.6 Å². The number of hydrogen-bond donors (Lipinski definition) is 1. The Morgan fingerprint density at radius 3 is 2.44 bits per heavy atom. The van der Waals surface area contributed by atoms with Crippen molar-refractivity contribution in [3.63, 3.8) is 0 Å². The van der Waals surface area contributed by atoms with Crippen LogP contribution in [0, 0.1) is 0 Å². The zero-order valence-corrected chi connectivity index (χ0v) is 14.6. The van der Waals surface area contributed by atoms with Crippen molar-refractivity contribution in [2.75, 3.05) is 19.0 Å². The summed E-state index contributed by atoms with van der Waals surface area (Å²) in [6.07, 6.45) is 0. The van der Waals surface area contributed by atoms with E-state index in [2.05, 4.69) is 5.32 Å². The Hall–Kier alpha value is -2.79. The first-order chi connectivity index (χ1) is 12.1. The monoisotopic (exact) mass is 356 g/mol. The van der Waals surface area contributed by atoms with Crippen molar-refractivity contribution in [2.45, 2.75) is 6.92 Å². The standard InChI is InChI=1S/C19H17ClN2O3/c1-3-22-18(23)16(12-7-5-4-6-8-12)17(19(22)24)21-14-11-13(20)9-10-15(14)25-2/h4-11,21H,3H2,1-2H3. The Kier molecular flexibility index (Phi) is 4.76. The van der Waals surface area contributed by atoms with E-state index in [9.17, 15) is 9.59 Å². The second kappa shape index (κ2) is 6.99. The normalized spacial score (nSPS) is 14.3. The maximum Gasteiger partial charge on any atom is 0.278 e. The largest absolute Gasteiger partial charge is 0.495 e. The minimum absolute atomic E-state index is 0.221. The second-order valence-electron chi connectivity index (χ2n) is 5.44. The van der Waals surface area contributed by atoms with Crippen molar-refractivity contribution in [1.29, 1.82) is 0 Å². The lowest BCUT2D eigenvalue weighted by atomic mass is 10.0. The molecule has 0 atom stereocenters. The van der Waals surface area contributed by atoms with Crippen molar-refractivity contribution < 1.29 is 14.3 Å². The van der Waals surface area contributed by atoms with Gasteiger partial charge in [-0.3, -0.25) is 14.5 Å². The number of benzene rings is 2. The predicted molar refractivity (Wildman–Crippen MR) is 97.4 cm³/mol. The van der Waals surface area contributed by atoms with Gasteiger partial charge in [-0.2, -0.15) is 0 Å². The number of amides is 2. The summed E-state index contributed by atoms with van der Waals surface area (Å²) in [6.45, 7) is 2.06. The molecule has 3 rings (SSSR count). The molecule has 6 heteroatoms. The average Bonchev–Trinajstić information content (AvgIpc) is 2.85. The number of likely N-dealkylation sites (N-methyl/N-ethyl adjacent to an activating group) is 1. The number of nitrogens with one attached hydrogen (secondary N) is 1. The molecule has 0 saturated carbocycles. The zero-order chi connectivity index (χ0) is 18.0. The third-order valence-electron chi connectivity index (χ3n) is 3.97. The van der Waals surface area contributed by atoms with Crippen molar-refractivity contribution in [1.82, 2.24) is 4.90 Å². The van der Waals surface area contributed by atoms with E-state index in [4.69, 9.17) is 16.3 Å². The summed E-state index contributed by atoms with van der Waals surface area (Å²) < 4.78 is 5.31. The fourth-order valence-electron chi connectivity index (χ4n) is 2.76. The van der Waals surface area contributed by atoms with Gasteiger partial charge in [0.05, 0.1) is 18.4 Å². The van der Waals surface area contributed by atoms with Crippen LogP contribution in [0.4, 0.5) is 5.69 Å². The summed E-state index contributed by atoms with van der Waals surface area (Å²) in [5, 5.41) is 3.55. The van der Waals surface area contributed by atoms with E-state index in [1.807, 2.05) is 18.2 Å². The Morgan fingerprint density at radius 1 is 1.08 bits per heavy atom. The summed E-state index contributed by atoms with van der Waals surface area (Å²) >= 11 is 6.06. The second-order valence-corrected chi connectivity index (χ2v) is 5.88. The average molecular weight is 357 g/mol. The van der Waals surface area contributed by atoms with Crippen molar-refractivity contribution >= 4 is 34.7 Å². The van der Waals surface area contributed by atoms with E-state index in [0.717, 1.165) is 0 Å². The summed E-state index contributed by atoms with van der Waals surface area (Å²) in [5.74, 6) is -0.157. The van der Waals surface area contributed by atoms with Gasteiger partial charge in [-0.1, -0.05) is 41.9 Å². The van der Waals surface area contributed by atoms with Gasteiger partial charge >= 0.3 is 0 Å². The van der Waals surface area contributed by atoms with Gasteiger partial charge in [0.25, 0.3) is 11.8 Å². The van der Waals surface area contributed by atoms with Crippen LogP contribution in [0.15, 0.2) is 54.2 Å². The summed E-state index contributed by atoms with van der Waals surface area (Å²) in [4.78, 5) is 26.7. The smallest absolute Gasteiger partial charge is 0.278 e. The van der Waals surface area contributed by atoms with Gasteiger partial charge in [0.1, 0.15) is 11.4 Å². The molecule has 1 aliphatic heterocycles. The number of imide groups is 1. The predicted octanol–water partition coefficient (Wildman–Crippen LogP) is 3.56. The highest BCUT2D eigenvalue weighted by molar-refractivity contribution is 6.36. The van der Waals surface area contributed by atoms with Crippen LogP contribution in [-0.2, 0) is 9.59 Å². The number of nitrogens with zero attached hydrogens (tertiary/aromatic N) is 1. The molecule has 1 aliphatic rings. The van der Waals surface area contributed by atoms with E-state index in [1.54, 1.807) is 37.3 Å². The maximum absolute atomic E-state index is 12.7. The molecule has 0 fully saturated rings. The van der Waals surface area contributed by atoms with Gasteiger partial charge in [-0.15, -0.1) is 0 Å². The molecule has 2 aromatic rings. The number of methoxy groups -OCH3 is 1. The minimum Gasteiger partial charge on any atom is -0.495 e. The number of ether oxygens (including phenoxy) is 1. The lowest BCUT2D eigenvalue weighted by molar-refractivity contribution is -0.136. The SMILES string of the molecule is CCN1C(=O)C(Nc2cc(Cl)ccc2OC)=C(c2ccccc2)C1=O. The van der Waals surface area contributed by atoms with Crippen LogP contribution in [0.25, 0.3) is 5.57 Å². The number of hydrogen-bond acceptors (Lipinski definition) is 4. The zero-order valence-electron chi connectivity index (χ0n) is 13.9. The van der Waals surface area contributed by atoms with Gasteiger partial charge in [0.15, 0.2) is 0 Å². The lowest BCUT2D eigenvalue weighted by Gasteiger charge is -2.14. The molecule has 0 unspecified atom stereocenters. The van der Waals surface area contributed by atoms with E-state index in [0.29, 0.717) is 34.1 Å². The summed E-state index contributed by atoms with van der Waals surface area (Å²) in [7, 11) is 1.53. The van der Waals surface area contributed by atoms with Crippen LogP contribution in [0.2, 0.25) is 5.02 Å². The Balaban J connectivity index is 2.12. The minimum atomic E-state index is -0.367. The Morgan fingerprint density at radius 2 is 1.80 bits per heavy atom. The van der Waals surface area contributed by atoms with E-state index < -0.39 is 0 Å². The molecule has 1 heterocycles. The molecule has 128 valence electrons. The number of halogens is 1. The van der Waals surface area contributed by atoms with Crippen molar-refractivity contribution in [2.24, 2.45) is 0 Å². The molecule has 0 aliphatic carbocycles.